The Morgan fingerprint density at radius 3 is 2.90 bits per heavy atom. The Labute approximate surface area is 126 Å². The molecule has 1 aliphatic rings. The van der Waals surface area contributed by atoms with Gasteiger partial charge in [0.25, 0.3) is 0 Å². The van der Waals surface area contributed by atoms with Gasteiger partial charge in [-0.3, -0.25) is 0 Å². The van der Waals surface area contributed by atoms with E-state index in [9.17, 15) is 5.11 Å². The Bertz CT molecular complexity index is 642. The number of fused-ring (bicyclic) bond motifs is 1. The predicted molar refractivity (Wildman–Crippen MR) is 83.6 cm³/mol. The van der Waals surface area contributed by atoms with E-state index in [-0.39, 0.29) is 5.75 Å². The van der Waals surface area contributed by atoms with Gasteiger partial charge in [0.1, 0.15) is 0 Å². The lowest BCUT2D eigenvalue weighted by molar-refractivity contribution is 0.371. The minimum absolute atomic E-state index is 0.151. The molecule has 104 valence electrons. The molecule has 2 aromatic rings. The van der Waals surface area contributed by atoms with E-state index >= 15 is 0 Å². The normalized spacial score (nSPS) is 13.4. The van der Waals surface area contributed by atoms with Crippen LogP contribution in [-0.2, 0) is 13.0 Å². The van der Waals surface area contributed by atoms with Crippen LogP contribution in [0.15, 0.2) is 40.9 Å². The van der Waals surface area contributed by atoms with Crippen LogP contribution in [0.5, 0.6) is 11.5 Å². The number of methoxy groups -OCH3 is 1. The van der Waals surface area contributed by atoms with Crippen molar-refractivity contribution in [1.82, 2.24) is 0 Å². The minimum atomic E-state index is 0.151. The number of para-hydroxylation sites is 1. The molecule has 3 nitrogen and oxygen atoms in total. The first kappa shape index (κ1) is 13.3. The first-order chi connectivity index (χ1) is 9.69. The number of anilines is 1. The third-order valence-electron chi connectivity index (χ3n) is 3.66. The van der Waals surface area contributed by atoms with Gasteiger partial charge in [-0.1, -0.05) is 18.2 Å². The lowest BCUT2D eigenvalue weighted by Gasteiger charge is -2.20. The van der Waals surface area contributed by atoms with Gasteiger partial charge in [-0.15, -0.1) is 0 Å². The zero-order valence-electron chi connectivity index (χ0n) is 11.3. The summed E-state index contributed by atoms with van der Waals surface area (Å²) in [6.45, 7) is 1.84. The monoisotopic (exact) mass is 333 g/mol. The molecule has 0 unspecified atom stereocenters. The number of phenolic OH excluding ortho intramolecular Hbond substituents is 1. The van der Waals surface area contributed by atoms with Gasteiger partial charge in [0.2, 0.25) is 0 Å². The van der Waals surface area contributed by atoms with Crippen LogP contribution in [0.1, 0.15) is 11.1 Å². The second kappa shape index (κ2) is 5.37. The van der Waals surface area contributed by atoms with Gasteiger partial charge in [-0.05, 0) is 51.7 Å². The molecule has 1 N–H and O–H groups in total. The van der Waals surface area contributed by atoms with Crippen LogP contribution in [0.3, 0.4) is 0 Å². The molecule has 0 bridgehead atoms. The van der Waals surface area contributed by atoms with Gasteiger partial charge < -0.3 is 14.7 Å². The van der Waals surface area contributed by atoms with Crippen molar-refractivity contribution in [2.75, 3.05) is 18.6 Å². The topological polar surface area (TPSA) is 32.7 Å². The van der Waals surface area contributed by atoms with E-state index in [0.29, 0.717) is 10.2 Å². The molecule has 0 saturated heterocycles. The highest BCUT2D eigenvalue weighted by Crippen LogP contribution is 2.36. The van der Waals surface area contributed by atoms with E-state index in [0.717, 1.165) is 25.1 Å². The van der Waals surface area contributed by atoms with Crippen LogP contribution in [0.2, 0.25) is 0 Å². The van der Waals surface area contributed by atoms with E-state index < -0.39 is 0 Å². The lowest BCUT2D eigenvalue weighted by atomic mass is 10.1. The summed E-state index contributed by atoms with van der Waals surface area (Å²) in [6, 6.07) is 12.3. The fourth-order valence-electron chi connectivity index (χ4n) is 2.67. The van der Waals surface area contributed by atoms with E-state index in [1.165, 1.54) is 11.3 Å². The molecule has 4 heteroatoms. The highest BCUT2D eigenvalue weighted by molar-refractivity contribution is 9.10. The highest BCUT2D eigenvalue weighted by atomic mass is 79.9. The van der Waals surface area contributed by atoms with Crippen LogP contribution in [-0.4, -0.2) is 18.8 Å². The summed E-state index contributed by atoms with van der Waals surface area (Å²) < 4.78 is 5.87. The Balaban J connectivity index is 1.88. The van der Waals surface area contributed by atoms with Gasteiger partial charge in [-0.25, -0.2) is 0 Å². The molecule has 0 saturated carbocycles. The molecule has 1 aliphatic heterocycles. The van der Waals surface area contributed by atoms with Crippen LogP contribution in [0.4, 0.5) is 5.69 Å². The molecular weight excluding hydrogens is 318 g/mol. The van der Waals surface area contributed by atoms with Crippen LogP contribution >= 0.6 is 15.9 Å². The second-order valence-corrected chi connectivity index (χ2v) is 5.78. The molecule has 0 radical (unpaired) electrons. The van der Waals surface area contributed by atoms with Crippen LogP contribution < -0.4 is 9.64 Å². The summed E-state index contributed by atoms with van der Waals surface area (Å²) in [7, 11) is 1.57. The minimum Gasteiger partial charge on any atom is -0.503 e. The Kier molecular flexibility index (Phi) is 3.57. The van der Waals surface area contributed by atoms with Gasteiger partial charge >= 0.3 is 0 Å². The van der Waals surface area contributed by atoms with Crippen molar-refractivity contribution in [2.45, 2.75) is 13.0 Å². The van der Waals surface area contributed by atoms with Gasteiger partial charge in [0.15, 0.2) is 11.5 Å². The average molecular weight is 334 g/mol. The largest absolute Gasteiger partial charge is 0.503 e. The molecule has 0 atom stereocenters. The maximum atomic E-state index is 9.86. The van der Waals surface area contributed by atoms with Crippen molar-refractivity contribution in [1.29, 1.82) is 0 Å². The molecular formula is C16H16BrNO2. The fraction of sp³-hybridized carbons (Fsp3) is 0.250. The number of nitrogens with zero attached hydrogens (tertiary/aromatic N) is 1. The maximum absolute atomic E-state index is 9.86. The SMILES string of the molecule is COc1cc(CN2CCc3ccccc32)cc(Br)c1O. The summed E-state index contributed by atoms with van der Waals surface area (Å²) >= 11 is 3.37. The maximum Gasteiger partial charge on any atom is 0.172 e. The summed E-state index contributed by atoms with van der Waals surface area (Å²) in [5, 5.41) is 9.86. The smallest absolute Gasteiger partial charge is 0.172 e. The summed E-state index contributed by atoms with van der Waals surface area (Å²) in [5.41, 5.74) is 3.82. The Morgan fingerprint density at radius 2 is 2.10 bits per heavy atom. The van der Waals surface area contributed by atoms with E-state index in [2.05, 4.69) is 45.1 Å². The highest BCUT2D eigenvalue weighted by Gasteiger charge is 2.19. The first-order valence-electron chi connectivity index (χ1n) is 6.57. The van der Waals surface area contributed by atoms with Crippen molar-refractivity contribution < 1.29 is 9.84 Å². The summed E-state index contributed by atoms with van der Waals surface area (Å²) in [6.07, 6.45) is 1.09. The van der Waals surface area contributed by atoms with Gasteiger partial charge in [-0.2, -0.15) is 0 Å². The van der Waals surface area contributed by atoms with Crippen molar-refractivity contribution in [2.24, 2.45) is 0 Å². The van der Waals surface area contributed by atoms with E-state index in [1.807, 2.05) is 12.1 Å². The molecule has 0 aliphatic carbocycles. The molecule has 0 aromatic heterocycles. The van der Waals surface area contributed by atoms with E-state index in [1.54, 1.807) is 7.11 Å². The Hall–Kier alpha value is -1.68. The molecule has 20 heavy (non-hydrogen) atoms. The van der Waals surface area contributed by atoms with Gasteiger partial charge in [0, 0.05) is 18.8 Å². The van der Waals surface area contributed by atoms with Crippen LogP contribution in [0.25, 0.3) is 0 Å². The van der Waals surface area contributed by atoms with Crippen molar-refractivity contribution in [3.8, 4) is 11.5 Å². The number of hydrogen-bond donors (Lipinski definition) is 1. The summed E-state index contributed by atoms with van der Waals surface area (Å²) in [5.74, 6) is 0.653. The lowest BCUT2D eigenvalue weighted by Crippen LogP contribution is -2.19. The third kappa shape index (κ3) is 2.36. The summed E-state index contributed by atoms with van der Waals surface area (Å²) in [4.78, 5) is 2.35. The quantitative estimate of drug-likeness (QED) is 0.928. The number of phenols is 1. The molecule has 0 fully saturated rings. The molecule has 3 rings (SSSR count). The molecule has 1 heterocycles. The van der Waals surface area contributed by atoms with Crippen LogP contribution in [0, 0.1) is 0 Å². The third-order valence-corrected chi connectivity index (χ3v) is 4.27. The zero-order chi connectivity index (χ0) is 14.1. The number of rotatable bonds is 3. The molecule has 2 aromatic carbocycles. The second-order valence-electron chi connectivity index (χ2n) is 4.93. The molecule has 0 amide bonds. The number of aromatic hydroxyl groups is 1. The molecule has 0 spiro atoms. The first-order valence-corrected chi connectivity index (χ1v) is 7.36. The number of ether oxygens (including phenoxy) is 1. The Morgan fingerprint density at radius 1 is 1.30 bits per heavy atom. The number of hydrogen-bond acceptors (Lipinski definition) is 3. The van der Waals surface area contributed by atoms with Crippen molar-refractivity contribution >= 4 is 21.6 Å². The predicted octanol–water partition coefficient (Wildman–Crippen LogP) is 3.73. The fourth-order valence-corrected chi connectivity index (χ4v) is 3.15. The average Bonchev–Trinajstić information content (AvgIpc) is 2.86. The zero-order valence-corrected chi connectivity index (χ0v) is 12.9. The standard InChI is InChI=1S/C16H16BrNO2/c1-20-15-9-11(8-13(17)16(15)19)10-18-7-6-12-4-2-3-5-14(12)18/h2-5,8-9,19H,6-7,10H2,1H3. The van der Waals surface area contributed by atoms with E-state index in [4.69, 9.17) is 4.74 Å². The van der Waals surface area contributed by atoms with Gasteiger partial charge in [0.05, 0.1) is 11.6 Å². The number of benzene rings is 2. The van der Waals surface area contributed by atoms with Crippen molar-refractivity contribution in [3.05, 3.63) is 52.0 Å². The number of halogens is 1. The van der Waals surface area contributed by atoms with Crippen molar-refractivity contribution in [3.63, 3.8) is 0 Å².